The minimum absolute atomic E-state index is 0.246. The van der Waals surface area contributed by atoms with Crippen molar-refractivity contribution in [1.29, 1.82) is 0 Å². The van der Waals surface area contributed by atoms with Gasteiger partial charge >= 0.3 is 0 Å². The number of halogens is 1. The van der Waals surface area contributed by atoms with Gasteiger partial charge in [-0.25, -0.2) is 0 Å². The fourth-order valence-corrected chi connectivity index (χ4v) is 2.33. The fraction of sp³-hybridized carbons (Fsp3) is 0.500. The summed E-state index contributed by atoms with van der Waals surface area (Å²) in [6.45, 7) is 1.88. The zero-order valence-corrected chi connectivity index (χ0v) is 10.2. The monoisotopic (exact) mass is 240 g/mol. The maximum atomic E-state index is 6.20. The molecule has 1 unspecified atom stereocenters. The van der Waals surface area contributed by atoms with E-state index in [0.717, 1.165) is 42.4 Å². The minimum Gasteiger partial charge on any atom is -0.497 e. The van der Waals surface area contributed by atoms with Crippen LogP contribution in [0.1, 0.15) is 12.8 Å². The number of hydrogen-bond donors (Lipinski definition) is 1. The molecule has 0 bridgehead atoms. The largest absolute Gasteiger partial charge is 0.497 e. The lowest BCUT2D eigenvalue weighted by molar-refractivity contribution is 0.414. The van der Waals surface area contributed by atoms with Crippen molar-refractivity contribution in [2.24, 2.45) is 5.73 Å². The summed E-state index contributed by atoms with van der Waals surface area (Å²) in [4.78, 5) is 2.24. The van der Waals surface area contributed by atoms with E-state index in [1.807, 2.05) is 18.2 Å². The average Bonchev–Trinajstić information content (AvgIpc) is 2.30. The number of piperidine rings is 1. The van der Waals surface area contributed by atoms with Crippen LogP contribution in [0, 0.1) is 0 Å². The highest BCUT2D eigenvalue weighted by atomic mass is 35.5. The molecule has 1 aromatic carbocycles. The number of anilines is 1. The molecule has 0 saturated carbocycles. The second kappa shape index (κ2) is 4.93. The molecule has 88 valence electrons. The first-order chi connectivity index (χ1) is 7.70. The predicted molar refractivity (Wildman–Crippen MR) is 67.4 cm³/mol. The Hall–Kier alpha value is -0.930. The van der Waals surface area contributed by atoms with Crippen molar-refractivity contribution >= 4 is 17.3 Å². The number of nitrogens with two attached hydrogens (primary N) is 1. The van der Waals surface area contributed by atoms with Crippen molar-refractivity contribution in [3.63, 3.8) is 0 Å². The molecule has 1 aromatic rings. The number of nitrogens with zero attached hydrogens (tertiary/aromatic N) is 1. The van der Waals surface area contributed by atoms with Crippen LogP contribution in [0.15, 0.2) is 18.2 Å². The van der Waals surface area contributed by atoms with Crippen LogP contribution in [-0.2, 0) is 0 Å². The van der Waals surface area contributed by atoms with Crippen LogP contribution in [0.25, 0.3) is 0 Å². The van der Waals surface area contributed by atoms with Crippen LogP contribution >= 0.6 is 11.6 Å². The molecule has 0 aromatic heterocycles. The second-order valence-corrected chi connectivity index (χ2v) is 4.57. The highest BCUT2D eigenvalue weighted by molar-refractivity contribution is 6.33. The third-order valence-corrected chi connectivity index (χ3v) is 3.27. The van der Waals surface area contributed by atoms with Gasteiger partial charge in [0.1, 0.15) is 5.75 Å². The van der Waals surface area contributed by atoms with E-state index < -0.39 is 0 Å². The van der Waals surface area contributed by atoms with Crippen molar-refractivity contribution in [3.8, 4) is 5.75 Å². The SMILES string of the molecule is COc1ccc(Cl)c(N2CCCC(N)C2)c1. The van der Waals surface area contributed by atoms with E-state index in [1.54, 1.807) is 7.11 Å². The summed E-state index contributed by atoms with van der Waals surface area (Å²) < 4.78 is 5.21. The lowest BCUT2D eigenvalue weighted by Crippen LogP contribution is -2.42. The Morgan fingerprint density at radius 1 is 1.50 bits per heavy atom. The number of benzene rings is 1. The van der Waals surface area contributed by atoms with E-state index >= 15 is 0 Å². The fourth-order valence-electron chi connectivity index (χ4n) is 2.09. The molecule has 1 fully saturated rings. The second-order valence-electron chi connectivity index (χ2n) is 4.17. The van der Waals surface area contributed by atoms with Gasteiger partial charge in [-0.3, -0.25) is 0 Å². The van der Waals surface area contributed by atoms with Gasteiger partial charge in [0.25, 0.3) is 0 Å². The smallest absolute Gasteiger partial charge is 0.121 e. The number of methoxy groups -OCH3 is 1. The maximum absolute atomic E-state index is 6.20. The summed E-state index contributed by atoms with van der Waals surface area (Å²) in [5.74, 6) is 0.832. The molecule has 3 nitrogen and oxygen atoms in total. The first-order valence-electron chi connectivity index (χ1n) is 5.55. The Labute approximate surface area is 101 Å². The zero-order chi connectivity index (χ0) is 11.5. The average molecular weight is 241 g/mol. The van der Waals surface area contributed by atoms with E-state index in [0.29, 0.717) is 0 Å². The van der Waals surface area contributed by atoms with E-state index in [4.69, 9.17) is 22.1 Å². The van der Waals surface area contributed by atoms with Crippen molar-refractivity contribution in [2.45, 2.75) is 18.9 Å². The standard InChI is InChI=1S/C12H17ClN2O/c1-16-10-4-5-11(13)12(7-10)15-6-2-3-9(14)8-15/h4-5,7,9H,2-3,6,8,14H2,1H3. The molecule has 2 N–H and O–H groups in total. The van der Waals surface area contributed by atoms with Crippen LogP contribution in [0.2, 0.25) is 5.02 Å². The third kappa shape index (κ3) is 2.42. The van der Waals surface area contributed by atoms with Crippen LogP contribution in [0.5, 0.6) is 5.75 Å². The highest BCUT2D eigenvalue weighted by Gasteiger charge is 2.19. The lowest BCUT2D eigenvalue weighted by atomic mass is 10.1. The van der Waals surface area contributed by atoms with Crippen LogP contribution in [0.4, 0.5) is 5.69 Å². The molecule has 2 rings (SSSR count). The van der Waals surface area contributed by atoms with Gasteiger partial charge in [-0.2, -0.15) is 0 Å². The highest BCUT2D eigenvalue weighted by Crippen LogP contribution is 2.31. The molecule has 0 amide bonds. The van der Waals surface area contributed by atoms with Crippen LogP contribution in [-0.4, -0.2) is 26.2 Å². The van der Waals surface area contributed by atoms with Crippen molar-refractivity contribution < 1.29 is 4.74 Å². The normalized spacial score (nSPS) is 20.9. The summed E-state index contributed by atoms with van der Waals surface area (Å²) in [5.41, 5.74) is 6.99. The summed E-state index contributed by atoms with van der Waals surface area (Å²) in [7, 11) is 1.66. The Balaban J connectivity index is 2.24. The topological polar surface area (TPSA) is 38.5 Å². The van der Waals surface area contributed by atoms with E-state index in [2.05, 4.69) is 4.90 Å². The van der Waals surface area contributed by atoms with Crippen molar-refractivity contribution in [1.82, 2.24) is 0 Å². The Kier molecular flexibility index (Phi) is 3.56. The van der Waals surface area contributed by atoms with Crippen molar-refractivity contribution in [3.05, 3.63) is 23.2 Å². The van der Waals surface area contributed by atoms with Crippen LogP contribution < -0.4 is 15.4 Å². The summed E-state index contributed by atoms with van der Waals surface area (Å²) in [5, 5.41) is 0.759. The molecule has 0 spiro atoms. The quantitative estimate of drug-likeness (QED) is 0.862. The molecule has 1 aliphatic heterocycles. The Morgan fingerprint density at radius 2 is 2.31 bits per heavy atom. The van der Waals surface area contributed by atoms with Gasteiger partial charge < -0.3 is 15.4 Å². The minimum atomic E-state index is 0.246. The number of ether oxygens (including phenoxy) is 1. The van der Waals surface area contributed by atoms with Gasteiger partial charge in [0, 0.05) is 25.2 Å². The van der Waals surface area contributed by atoms with Gasteiger partial charge in [0.15, 0.2) is 0 Å². The van der Waals surface area contributed by atoms with E-state index in [1.165, 1.54) is 0 Å². The molecular weight excluding hydrogens is 224 g/mol. The Bertz CT molecular complexity index is 370. The molecule has 1 aliphatic rings. The molecular formula is C12H17ClN2O. The molecule has 1 atom stereocenters. The number of rotatable bonds is 2. The van der Waals surface area contributed by atoms with E-state index in [-0.39, 0.29) is 6.04 Å². The third-order valence-electron chi connectivity index (χ3n) is 2.95. The molecule has 16 heavy (non-hydrogen) atoms. The Morgan fingerprint density at radius 3 is 3.00 bits per heavy atom. The molecule has 1 heterocycles. The summed E-state index contributed by atoms with van der Waals surface area (Å²) in [6, 6.07) is 5.96. The predicted octanol–water partition coefficient (Wildman–Crippen LogP) is 2.28. The van der Waals surface area contributed by atoms with Gasteiger partial charge in [-0.05, 0) is 25.0 Å². The van der Waals surface area contributed by atoms with Gasteiger partial charge in [-0.1, -0.05) is 11.6 Å². The molecule has 4 heteroatoms. The number of hydrogen-bond acceptors (Lipinski definition) is 3. The molecule has 0 radical (unpaired) electrons. The summed E-state index contributed by atoms with van der Waals surface area (Å²) in [6.07, 6.45) is 2.22. The van der Waals surface area contributed by atoms with Crippen LogP contribution in [0.3, 0.4) is 0 Å². The maximum Gasteiger partial charge on any atom is 0.121 e. The first kappa shape index (κ1) is 11.6. The lowest BCUT2D eigenvalue weighted by Gasteiger charge is -2.33. The first-order valence-corrected chi connectivity index (χ1v) is 5.92. The van der Waals surface area contributed by atoms with Gasteiger partial charge in [0.05, 0.1) is 17.8 Å². The summed E-state index contributed by atoms with van der Waals surface area (Å²) >= 11 is 6.20. The van der Waals surface area contributed by atoms with E-state index in [9.17, 15) is 0 Å². The molecule has 0 aliphatic carbocycles. The van der Waals surface area contributed by atoms with Gasteiger partial charge in [0.2, 0.25) is 0 Å². The van der Waals surface area contributed by atoms with Crippen molar-refractivity contribution in [2.75, 3.05) is 25.1 Å². The molecule has 1 saturated heterocycles. The zero-order valence-electron chi connectivity index (χ0n) is 9.45. The van der Waals surface area contributed by atoms with Gasteiger partial charge in [-0.15, -0.1) is 0 Å².